The van der Waals surface area contributed by atoms with E-state index >= 15 is 0 Å². The molecule has 0 spiro atoms. The van der Waals surface area contributed by atoms with Crippen molar-refractivity contribution in [1.29, 1.82) is 0 Å². The van der Waals surface area contributed by atoms with E-state index in [-0.39, 0.29) is 37.3 Å². The van der Waals surface area contributed by atoms with Crippen molar-refractivity contribution in [3.63, 3.8) is 0 Å². The van der Waals surface area contributed by atoms with E-state index in [1.54, 1.807) is 30.3 Å². The Kier molecular flexibility index (Phi) is 8.26. The smallest absolute Gasteiger partial charge is 0.458 e. The number of aromatic amines is 1. The van der Waals surface area contributed by atoms with Gasteiger partial charge in [-0.2, -0.15) is 0 Å². The van der Waals surface area contributed by atoms with Crippen molar-refractivity contribution >= 4 is 13.7 Å². The molecule has 1 saturated heterocycles. The molecule has 0 radical (unpaired) electrons. The molecule has 0 amide bonds. The maximum Gasteiger partial charge on any atom is 0.458 e. The molecule has 1 aromatic carbocycles. The van der Waals surface area contributed by atoms with Crippen LogP contribution < -0.4 is 20.9 Å². The van der Waals surface area contributed by atoms with Gasteiger partial charge in [-0.1, -0.05) is 23.3 Å². The summed E-state index contributed by atoms with van der Waals surface area (Å²) in [5.74, 6) is -0.883. The first-order valence-electron chi connectivity index (χ1n) is 10.2. The fraction of sp³-hybridized carbons (Fsp3) is 0.421. The van der Waals surface area contributed by atoms with Gasteiger partial charge in [-0.25, -0.2) is 14.4 Å². The SMILES string of the molecule is Cc1cn([C@H]2C[C@H](N=[N+]=[N-])[C@@H](COP(=O)(NCCC(=O)O)Oc3ccccc3)O2)c(=O)[nH]c1=O. The van der Waals surface area contributed by atoms with Crippen LogP contribution in [0.2, 0.25) is 0 Å². The molecule has 4 atom stereocenters. The molecule has 1 aliphatic rings. The van der Waals surface area contributed by atoms with E-state index in [1.807, 2.05) is 0 Å². The molecule has 2 aromatic rings. The second kappa shape index (κ2) is 11.1. The number of nitrogens with zero attached hydrogens (tertiary/aromatic N) is 4. The zero-order valence-electron chi connectivity index (χ0n) is 18.1. The minimum Gasteiger partial charge on any atom is -0.481 e. The number of rotatable bonds is 11. The molecule has 3 N–H and O–H groups in total. The first kappa shape index (κ1) is 25.2. The van der Waals surface area contributed by atoms with Crippen molar-refractivity contribution in [2.45, 2.75) is 38.1 Å². The predicted octanol–water partition coefficient (Wildman–Crippen LogP) is 2.08. The van der Waals surface area contributed by atoms with Gasteiger partial charge in [-0.3, -0.25) is 23.7 Å². The maximum atomic E-state index is 13.3. The number of aliphatic carboxylic acids is 1. The molecule has 15 heteroatoms. The lowest BCUT2D eigenvalue weighted by Gasteiger charge is -2.22. The summed E-state index contributed by atoms with van der Waals surface area (Å²) >= 11 is 0. The van der Waals surface area contributed by atoms with Crippen molar-refractivity contribution < 1.29 is 28.3 Å². The fourth-order valence-corrected chi connectivity index (χ4v) is 4.56. The van der Waals surface area contributed by atoms with Gasteiger partial charge in [0.1, 0.15) is 12.0 Å². The molecule has 0 saturated carbocycles. The number of carbonyl (C=O) groups is 1. The van der Waals surface area contributed by atoms with E-state index in [4.69, 9.17) is 24.4 Å². The molecule has 1 aromatic heterocycles. The van der Waals surface area contributed by atoms with Crippen LogP contribution in [0.4, 0.5) is 0 Å². The summed E-state index contributed by atoms with van der Waals surface area (Å²) in [6.07, 6.45) is -0.683. The van der Waals surface area contributed by atoms with E-state index < -0.39 is 43.3 Å². The number of para-hydroxylation sites is 1. The number of benzene rings is 1. The maximum absolute atomic E-state index is 13.3. The van der Waals surface area contributed by atoms with Gasteiger partial charge >= 0.3 is 19.4 Å². The molecule has 14 nitrogen and oxygen atoms in total. The first-order chi connectivity index (χ1) is 16.2. The number of aryl methyl sites for hydroxylation is 1. The molecule has 0 aliphatic carbocycles. The molecule has 34 heavy (non-hydrogen) atoms. The number of hydrogen-bond acceptors (Lipinski definition) is 8. The Hall–Kier alpha value is -3.41. The number of aromatic nitrogens is 2. The van der Waals surface area contributed by atoms with Crippen molar-refractivity contribution in [3.8, 4) is 5.75 Å². The molecular weight excluding hydrogens is 471 g/mol. The molecule has 2 heterocycles. The third-order valence-corrected chi connectivity index (χ3v) is 6.43. The van der Waals surface area contributed by atoms with E-state index in [0.717, 1.165) is 0 Å². The van der Waals surface area contributed by atoms with Gasteiger partial charge in [-0.05, 0) is 24.6 Å². The molecule has 0 bridgehead atoms. The van der Waals surface area contributed by atoms with Crippen LogP contribution in [-0.2, 0) is 18.6 Å². The second-order valence-electron chi connectivity index (χ2n) is 7.37. The summed E-state index contributed by atoms with van der Waals surface area (Å²) in [6, 6.07) is 7.36. The van der Waals surface area contributed by atoms with E-state index in [1.165, 1.54) is 17.7 Å². The van der Waals surface area contributed by atoms with Crippen LogP contribution in [0, 0.1) is 6.92 Å². The molecule has 1 fully saturated rings. The summed E-state index contributed by atoms with van der Waals surface area (Å²) < 4.78 is 31.3. The molecule has 1 unspecified atom stereocenters. The Labute approximate surface area is 192 Å². The minimum absolute atomic E-state index is 0.0970. The van der Waals surface area contributed by atoms with Crippen LogP contribution in [0.25, 0.3) is 10.4 Å². The summed E-state index contributed by atoms with van der Waals surface area (Å²) in [7, 11) is -4.06. The number of hydrogen-bond donors (Lipinski definition) is 3. The molecular formula is C19H23N6O8P. The van der Waals surface area contributed by atoms with Crippen molar-refractivity contribution in [1.82, 2.24) is 14.6 Å². The lowest BCUT2D eigenvalue weighted by atomic mass is 10.1. The average Bonchev–Trinajstić information content (AvgIpc) is 3.18. The van der Waals surface area contributed by atoms with Gasteiger partial charge in [0.15, 0.2) is 0 Å². The normalized spacial score (nSPS) is 21.4. The lowest BCUT2D eigenvalue weighted by Crippen LogP contribution is -2.33. The summed E-state index contributed by atoms with van der Waals surface area (Å²) in [5, 5.41) is 15.0. The quantitative estimate of drug-likeness (QED) is 0.181. The highest BCUT2D eigenvalue weighted by Gasteiger charge is 2.39. The standard InChI is InChI=1S/C19H23N6O8P/c1-12-10-25(19(29)22-18(12)28)16-9-14(23-24-20)15(32-16)11-31-34(30,21-8-7-17(26)27)33-13-5-3-2-4-6-13/h2-6,10,14-16H,7-9,11H2,1H3,(H,21,30)(H,26,27)(H,22,28,29)/t14-,15+,16+,34?/m0/s1. The highest BCUT2D eigenvalue weighted by molar-refractivity contribution is 7.52. The Morgan fingerprint density at radius 3 is 2.82 bits per heavy atom. The monoisotopic (exact) mass is 494 g/mol. The van der Waals surface area contributed by atoms with E-state index in [2.05, 4.69) is 20.1 Å². The van der Waals surface area contributed by atoms with Crippen molar-refractivity contribution in [3.05, 3.63) is 73.4 Å². The Bertz CT molecular complexity index is 1230. The van der Waals surface area contributed by atoms with E-state index in [9.17, 15) is 18.9 Å². The number of H-pyrrole nitrogens is 1. The van der Waals surface area contributed by atoms with Gasteiger partial charge in [-0.15, -0.1) is 0 Å². The number of nitrogens with one attached hydrogen (secondary N) is 2. The van der Waals surface area contributed by atoms with Crippen LogP contribution in [-0.4, -0.2) is 45.9 Å². The zero-order valence-corrected chi connectivity index (χ0v) is 19.0. The second-order valence-corrected chi connectivity index (χ2v) is 9.12. The largest absolute Gasteiger partial charge is 0.481 e. The summed E-state index contributed by atoms with van der Waals surface area (Å²) in [4.78, 5) is 39.7. The van der Waals surface area contributed by atoms with Gasteiger partial charge < -0.3 is 14.4 Å². The van der Waals surface area contributed by atoms with Gasteiger partial charge in [0.25, 0.3) is 5.56 Å². The van der Waals surface area contributed by atoms with Gasteiger partial charge in [0.05, 0.1) is 25.2 Å². The first-order valence-corrected chi connectivity index (χ1v) is 11.7. The number of carboxylic acid groups (broad SMARTS) is 1. The predicted molar refractivity (Wildman–Crippen MR) is 118 cm³/mol. The van der Waals surface area contributed by atoms with Crippen LogP contribution in [0.1, 0.15) is 24.6 Å². The zero-order chi connectivity index (χ0) is 24.7. The Morgan fingerprint density at radius 2 is 2.15 bits per heavy atom. The topological polar surface area (TPSA) is 198 Å². The summed E-state index contributed by atoms with van der Waals surface area (Å²) in [5.41, 5.74) is 7.98. The van der Waals surface area contributed by atoms with Crippen LogP contribution >= 0.6 is 7.75 Å². The minimum atomic E-state index is -4.06. The molecule has 182 valence electrons. The van der Waals surface area contributed by atoms with Crippen LogP contribution in [0.15, 0.2) is 51.2 Å². The summed E-state index contributed by atoms with van der Waals surface area (Å²) in [6.45, 7) is 0.968. The third-order valence-electron chi connectivity index (χ3n) is 4.88. The third kappa shape index (κ3) is 6.56. The highest BCUT2D eigenvalue weighted by atomic mass is 31.2. The Morgan fingerprint density at radius 1 is 1.41 bits per heavy atom. The number of ether oxygens (including phenoxy) is 1. The number of carboxylic acids is 1. The van der Waals surface area contributed by atoms with Gasteiger partial charge in [0.2, 0.25) is 0 Å². The Balaban J connectivity index is 1.76. The van der Waals surface area contributed by atoms with Crippen LogP contribution in [0.3, 0.4) is 0 Å². The average molecular weight is 494 g/mol. The molecule has 3 rings (SSSR count). The van der Waals surface area contributed by atoms with Gasteiger partial charge in [0, 0.05) is 29.6 Å². The van der Waals surface area contributed by atoms with Crippen LogP contribution in [0.5, 0.6) is 5.75 Å². The highest BCUT2D eigenvalue weighted by Crippen LogP contribution is 2.45. The van der Waals surface area contributed by atoms with E-state index in [0.29, 0.717) is 0 Å². The van der Waals surface area contributed by atoms with Crippen molar-refractivity contribution in [2.24, 2.45) is 5.11 Å². The molecule has 1 aliphatic heterocycles. The van der Waals surface area contributed by atoms with Crippen molar-refractivity contribution in [2.75, 3.05) is 13.2 Å². The lowest BCUT2D eigenvalue weighted by molar-refractivity contribution is -0.136. The fourth-order valence-electron chi connectivity index (χ4n) is 3.22. The number of azide groups is 1.